The minimum absolute atomic E-state index is 0.0767. The lowest BCUT2D eigenvalue weighted by Gasteiger charge is -2.31. The number of benzene rings is 1. The van der Waals surface area contributed by atoms with E-state index in [4.69, 9.17) is 11.6 Å². The van der Waals surface area contributed by atoms with Crippen LogP contribution in [-0.4, -0.2) is 33.1 Å². The second-order valence-corrected chi connectivity index (χ2v) is 6.68. The SMILES string of the molecule is CC(C)C1(C(=O)Nc2cc(Cl)ccc2N(C)C)CCNC1. The Labute approximate surface area is 131 Å². The number of anilines is 2. The average molecular weight is 310 g/mol. The summed E-state index contributed by atoms with van der Waals surface area (Å²) in [5, 5.41) is 7.03. The summed E-state index contributed by atoms with van der Waals surface area (Å²) in [6.45, 7) is 5.84. The van der Waals surface area contributed by atoms with Crippen LogP contribution in [-0.2, 0) is 4.79 Å². The van der Waals surface area contributed by atoms with Crippen LogP contribution in [0.1, 0.15) is 20.3 Å². The molecule has 1 unspecified atom stereocenters. The largest absolute Gasteiger partial charge is 0.376 e. The first-order valence-corrected chi connectivity index (χ1v) is 7.73. The number of amides is 1. The summed E-state index contributed by atoms with van der Waals surface area (Å²) in [7, 11) is 3.91. The van der Waals surface area contributed by atoms with Gasteiger partial charge in [0, 0.05) is 25.7 Å². The van der Waals surface area contributed by atoms with E-state index < -0.39 is 0 Å². The van der Waals surface area contributed by atoms with Gasteiger partial charge in [-0.25, -0.2) is 0 Å². The molecule has 1 aliphatic rings. The third kappa shape index (κ3) is 3.16. The fourth-order valence-electron chi connectivity index (χ4n) is 2.91. The van der Waals surface area contributed by atoms with Crippen molar-refractivity contribution in [3.8, 4) is 0 Å². The van der Waals surface area contributed by atoms with Crippen LogP contribution in [0.25, 0.3) is 0 Å². The Morgan fingerprint density at radius 1 is 1.43 bits per heavy atom. The van der Waals surface area contributed by atoms with E-state index >= 15 is 0 Å². The van der Waals surface area contributed by atoms with Gasteiger partial charge in [-0.15, -0.1) is 0 Å². The number of hydrogen-bond donors (Lipinski definition) is 2. The fourth-order valence-corrected chi connectivity index (χ4v) is 3.08. The Balaban J connectivity index is 2.29. The van der Waals surface area contributed by atoms with Gasteiger partial charge in [-0.1, -0.05) is 25.4 Å². The number of rotatable bonds is 4. The van der Waals surface area contributed by atoms with Crippen molar-refractivity contribution in [3.63, 3.8) is 0 Å². The van der Waals surface area contributed by atoms with Crippen molar-refractivity contribution in [2.45, 2.75) is 20.3 Å². The van der Waals surface area contributed by atoms with Crippen molar-refractivity contribution in [1.29, 1.82) is 0 Å². The Hall–Kier alpha value is -1.26. The Morgan fingerprint density at radius 3 is 2.67 bits per heavy atom. The third-order valence-electron chi connectivity index (χ3n) is 4.43. The lowest BCUT2D eigenvalue weighted by Crippen LogP contribution is -2.42. The van der Waals surface area contributed by atoms with E-state index in [2.05, 4.69) is 24.5 Å². The predicted molar refractivity (Wildman–Crippen MR) is 89.2 cm³/mol. The highest BCUT2D eigenvalue weighted by Gasteiger charge is 2.44. The van der Waals surface area contributed by atoms with E-state index in [9.17, 15) is 4.79 Å². The molecule has 1 atom stereocenters. The van der Waals surface area contributed by atoms with Crippen molar-refractivity contribution in [2.75, 3.05) is 37.4 Å². The molecule has 1 aliphatic heterocycles. The zero-order valence-corrected chi connectivity index (χ0v) is 13.9. The van der Waals surface area contributed by atoms with Crippen molar-refractivity contribution in [1.82, 2.24) is 5.32 Å². The normalized spacial score (nSPS) is 21.6. The molecule has 1 fully saturated rings. The second kappa shape index (κ2) is 6.24. The maximum atomic E-state index is 12.9. The monoisotopic (exact) mass is 309 g/mol. The maximum absolute atomic E-state index is 12.9. The Kier molecular flexibility index (Phi) is 4.79. The maximum Gasteiger partial charge on any atom is 0.232 e. The summed E-state index contributed by atoms with van der Waals surface area (Å²) in [4.78, 5) is 14.8. The molecule has 1 saturated heterocycles. The molecule has 4 nitrogen and oxygen atoms in total. The van der Waals surface area contributed by atoms with Crippen LogP contribution in [0.4, 0.5) is 11.4 Å². The highest BCUT2D eigenvalue weighted by molar-refractivity contribution is 6.31. The number of nitrogens with zero attached hydrogens (tertiary/aromatic N) is 1. The summed E-state index contributed by atoms with van der Waals surface area (Å²) in [5.41, 5.74) is 1.38. The number of halogens is 1. The molecule has 5 heteroatoms. The van der Waals surface area contributed by atoms with E-state index in [1.54, 1.807) is 0 Å². The van der Waals surface area contributed by atoms with Gasteiger partial charge in [-0.2, -0.15) is 0 Å². The van der Waals surface area contributed by atoms with Gasteiger partial charge in [0.05, 0.1) is 16.8 Å². The van der Waals surface area contributed by atoms with Crippen LogP contribution < -0.4 is 15.5 Å². The zero-order chi connectivity index (χ0) is 15.6. The van der Waals surface area contributed by atoms with Gasteiger partial charge in [0.25, 0.3) is 0 Å². The first-order valence-electron chi connectivity index (χ1n) is 7.36. The molecule has 0 aromatic heterocycles. The van der Waals surface area contributed by atoms with Crippen LogP contribution >= 0.6 is 11.6 Å². The summed E-state index contributed by atoms with van der Waals surface area (Å²) >= 11 is 6.08. The van der Waals surface area contributed by atoms with E-state index in [1.807, 2.05) is 37.2 Å². The lowest BCUT2D eigenvalue weighted by atomic mass is 9.75. The molecule has 116 valence electrons. The Bertz CT molecular complexity index is 522. The van der Waals surface area contributed by atoms with Crippen molar-refractivity contribution < 1.29 is 4.79 Å². The second-order valence-electron chi connectivity index (χ2n) is 6.25. The van der Waals surface area contributed by atoms with Crippen LogP contribution in [0.5, 0.6) is 0 Å². The van der Waals surface area contributed by atoms with Crippen molar-refractivity contribution in [3.05, 3.63) is 23.2 Å². The molecular weight excluding hydrogens is 286 g/mol. The van der Waals surface area contributed by atoms with Gasteiger partial charge in [-0.05, 0) is 37.1 Å². The highest BCUT2D eigenvalue weighted by Crippen LogP contribution is 2.37. The molecule has 1 amide bonds. The van der Waals surface area contributed by atoms with Gasteiger partial charge in [0.15, 0.2) is 0 Å². The molecule has 1 heterocycles. The summed E-state index contributed by atoms with van der Waals surface area (Å²) in [6.07, 6.45) is 0.869. The van der Waals surface area contributed by atoms with Gasteiger partial charge in [0.1, 0.15) is 0 Å². The van der Waals surface area contributed by atoms with E-state index in [-0.39, 0.29) is 17.2 Å². The Morgan fingerprint density at radius 2 is 2.14 bits per heavy atom. The highest BCUT2D eigenvalue weighted by atomic mass is 35.5. The van der Waals surface area contributed by atoms with Crippen LogP contribution in [0.15, 0.2) is 18.2 Å². The molecule has 2 rings (SSSR count). The average Bonchev–Trinajstić information content (AvgIpc) is 2.88. The van der Waals surface area contributed by atoms with E-state index in [0.717, 1.165) is 30.9 Å². The summed E-state index contributed by atoms with van der Waals surface area (Å²) < 4.78 is 0. The van der Waals surface area contributed by atoms with Gasteiger partial charge in [-0.3, -0.25) is 4.79 Å². The van der Waals surface area contributed by atoms with Crippen LogP contribution in [0.3, 0.4) is 0 Å². The van der Waals surface area contributed by atoms with Crippen LogP contribution in [0.2, 0.25) is 5.02 Å². The molecule has 1 aromatic carbocycles. The minimum atomic E-state index is -0.341. The standard InChI is InChI=1S/C16H24ClN3O/c1-11(2)16(7-8-18-10-16)15(21)19-13-9-12(17)5-6-14(13)20(3)4/h5-6,9,11,18H,7-8,10H2,1-4H3,(H,19,21). The van der Waals surface area contributed by atoms with Gasteiger partial charge in [0.2, 0.25) is 5.91 Å². The third-order valence-corrected chi connectivity index (χ3v) is 4.67. The predicted octanol–water partition coefficient (Wildman–Crippen LogP) is 2.98. The molecule has 1 aromatic rings. The minimum Gasteiger partial charge on any atom is -0.376 e. The van der Waals surface area contributed by atoms with Gasteiger partial charge < -0.3 is 15.5 Å². The van der Waals surface area contributed by atoms with E-state index in [1.165, 1.54) is 0 Å². The topological polar surface area (TPSA) is 44.4 Å². The zero-order valence-electron chi connectivity index (χ0n) is 13.2. The first kappa shape index (κ1) is 16.1. The molecule has 0 bridgehead atoms. The molecule has 2 N–H and O–H groups in total. The van der Waals surface area contributed by atoms with Crippen LogP contribution in [0, 0.1) is 11.3 Å². The smallest absolute Gasteiger partial charge is 0.232 e. The molecule has 0 spiro atoms. The number of carbonyl (C=O) groups is 1. The van der Waals surface area contributed by atoms with E-state index in [0.29, 0.717) is 5.02 Å². The molecule has 21 heavy (non-hydrogen) atoms. The number of nitrogens with one attached hydrogen (secondary N) is 2. The van der Waals surface area contributed by atoms with Crippen molar-refractivity contribution in [2.24, 2.45) is 11.3 Å². The van der Waals surface area contributed by atoms with Gasteiger partial charge >= 0.3 is 0 Å². The quantitative estimate of drug-likeness (QED) is 0.898. The fraction of sp³-hybridized carbons (Fsp3) is 0.562. The summed E-state index contributed by atoms with van der Waals surface area (Å²) in [6, 6.07) is 5.57. The lowest BCUT2D eigenvalue weighted by molar-refractivity contribution is -0.126. The molecular formula is C16H24ClN3O. The number of carbonyl (C=O) groups excluding carboxylic acids is 1. The first-order chi connectivity index (χ1) is 9.86. The van der Waals surface area contributed by atoms with Crippen molar-refractivity contribution >= 4 is 28.9 Å². The number of hydrogen-bond acceptors (Lipinski definition) is 3. The summed E-state index contributed by atoms with van der Waals surface area (Å²) in [5.74, 6) is 0.363. The molecule has 0 aliphatic carbocycles. The molecule has 0 radical (unpaired) electrons. The molecule has 0 saturated carbocycles.